The average molecular weight is 377 g/mol. The Labute approximate surface area is 149 Å². The number of carbonyl (C=O) groups excluding carboxylic acids is 1. The van der Waals surface area contributed by atoms with Gasteiger partial charge >= 0.3 is 0 Å². The van der Waals surface area contributed by atoms with Gasteiger partial charge in [0.25, 0.3) is 5.91 Å². The fourth-order valence-electron chi connectivity index (χ4n) is 3.19. The maximum absolute atomic E-state index is 12.3. The third kappa shape index (κ3) is 4.50. The van der Waals surface area contributed by atoms with E-state index in [1.54, 1.807) is 4.90 Å². The minimum Gasteiger partial charge on any atom is -0.356 e. The third-order valence-corrected chi connectivity index (χ3v) is 6.04. The molecule has 1 atom stereocenters. The van der Waals surface area contributed by atoms with Crippen molar-refractivity contribution in [2.75, 3.05) is 32.7 Å². The van der Waals surface area contributed by atoms with Crippen LogP contribution in [0.4, 0.5) is 0 Å². The predicted octanol–water partition coefficient (Wildman–Crippen LogP) is 0.950. The molecule has 2 aliphatic rings. The van der Waals surface area contributed by atoms with Gasteiger partial charge in [0.15, 0.2) is 0 Å². The van der Waals surface area contributed by atoms with Crippen LogP contribution in [0.3, 0.4) is 0 Å². The van der Waals surface area contributed by atoms with Crippen LogP contribution < -0.4 is 10.0 Å². The highest BCUT2D eigenvalue weighted by Gasteiger charge is 2.24. The Morgan fingerprint density at radius 2 is 2.08 bits per heavy atom. The number of aromatic nitrogens is 1. The normalized spacial score (nSPS) is 21.0. The number of halogens is 1. The van der Waals surface area contributed by atoms with Crippen LogP contribution >= 0.6 is 12.4 Å². The highest BCUT2D eigenvalue weighted by atomic mass is 35.5. The summed E-state index contributed by atoms with van der Waals surface area (Å²) in [7, 11) is -3.56. The predicted molar refractivity (Wildman–Crippen MR) is 94.0 cm³/mol. The Hall–Kier alpha value is -1.09. The summed E-state index contributed by atoms with van der Waals surface area (Å²) in [5.41, 5.74) is 0.340. The van der Waals surface area contributed by atoms with Crippen LogP contribution in [0.2, 0.25) is 0 Å². The molecule has 9 heteroatoms. The van der Waals surface area contributed by atoms with Crippen molar-refractivity contribution in [1.82, 2.24) is 19.9 Å². The van der Waals surface area contributed by atoms with Gasteiger partial charge < -0.3 is 15.2 Å². The summed E-state index contributed by atoms with van der Waals surface area (Å²) in [5, 5.41) is 3.27. The van der Waals surface area contributed by atoms with Gasteiger partial charge in [-0.2, -0.15) is 0 Å². The Morgan fingerprint density at radius 1 is 1.33 bits per heavy atom. The van der Waals surface area contributed by atoms with Crippen LogP contribution in [0.15, 0.2) is 17.2 Å². The molecule has 2 fully saturated rings. The van der Waals surface area contributed by atoms with Gasteiger partial charge in [0.2, 0.25) is 10.0 Å². The van der Waals surface area contributed by atoms with E-state index in [9.17, 15) is 13.2 Å². The zero-order valence-corrected chi connectivity index (χ0v) is 15.2. The number of hydrogen-bond acceptors (Lipinski definition) is 4. The second kappa shape index (κ2) is 8.33. The van der Waals surface area contributed by atoms with Crippen molar-refractivity contribution in [1.29, 1.82) is 0 Å². The molecule has 0 aromatic carbocycles. The van der Waals surface area contributed by atoms with Crippen LogP contribution in [0.5, 0.6) is 0 Å². The molecule has 1 unspecified atom stereocenters. The van der Waals surface area contributed by atoms with E-state index in [4.69, 9.17) is 0 Å². The van der Waals surface area contributed by atoms with E-state index in [-0.39, 0.29) is 23.2 Å². The van der Waals surface area contributed by atoms with Crippen molar-refractivity contribution in [3.8, 4) is 0 Å². The number of nitrogens with zero attached hydrogens (tertiary/aromatic N) is 1. The van der Waals surface area contributed by atoms with E-state index in [1.807, 2.05) is 0 Å². The molecule has 0 spiro atoms. The zero-order chi connectivity index (χ0) is 16.3. The van der Waals surface area contributed by atoms with Gasteiger partial charge in [0, 0.05) is 25.8 Å². The Kier molecular flexibility index (Phi) is 6.68. The monoisotopic (exact) mass is 376 g/mol. The Bertz CT molecular complexity index is 649. The molecule has 136 valence electrons. The second-order valence-corrected chi connectivity index (χ2v) is 8.06. The smallest absolute Gasteiger partial charge is 0.270 e. The van der Waals surface area contributed by atoms with E-state index in [0.29, 0.717) is 18.2 Å². The Balaban J connectivity index is 0.00000208. The molecule has 7 nitrogen and oxygen atoms in total. The number of nitrogens with one attached hydrogen (secondary N) is 3. The molecule has 0 saturated carbocycles. The number of carbonyl (C=O) groups is 1. The number of sulfonamides is 1. The van der Waals surface area contributed by atoms with Gasteiger partial charge in [-0.3, -0.25) is 4.79 Å². The first-order valence-corrected chi connectivity index (χ1v) is 9.73. The number of rotatable bonds is 6. The molecule has 3 heterocycles. The van der Waals surface area contributed by atoms with E-state index in [0.717, 1.165) is 51.9 Å². The lowest BCUT2D eigenvalue weighted by molar-refractivity contribution is 0.0787. The molecule has 1 amide bonds. The van der Waals surface area contributed by atoms with Gasteiger partial charge in [-0.15, -0.1) is 12.4 Å². The lowest BCUT2D eigenvalue weighted by Gasteiger charge is -2.13. The SMILES string of the molecule is Cl.O=C(c1cc(S(=O)(=O)NCCC2CCNC2)c[nH]1)N1CCCC1. The van der Waals surface area contributed by atoms with Gasteiger partial charge in [-0.25, -0.2) is 13.1 Å². The number of aromatic amines is 1. The maximum Gasteiger partial charge on any atom is 0.270 e. The van der Waals surface area contributed by atoms with Crippen LogP contribution in [0, 0.1) is 5.92 Å². The lowest BCUT2D eigenvalue weighted by atomic mass is 10.1. The number of hydrogen-bond donors (Lipinski definition) is 3. The zero-order valence-electron chi connectivity index (χ0n) is 13.6. The average Bonchev–Trinajstić information content (AvgIpc) is 3.27. The maximum atomic E-state index is 12.3. The van der Waals surface area contributed by atoms with Crippen LogP contribution in [0.25, 0.3) is 0 Å². The first-order chi connectivity index (χ1) is 11.1. The van der Waals surface area contributed by atoms with Crippen molar-refractivity contribution < 1.29 is 13.2 Å². The summed E-state index contributed by atoms with van der Waals surface area (Å²) in [6.45, 7) is 3.88. The topological polar surface area (TPSA) is 94.3 Å². The highest BCUT2D eigenvalue weighted by Crippen LogP contribution is 2.16. The van der Waals surface area contributed by atoms with E-state index < -0.39 is 10.0 Å². The van der Waals surface area contributed by atoms with Crippen molar-refractivity contribution >= 4 is 28.3 Å². The lowest BCUT2D eigenvalue weighted by Crippen LogP contribution is -2.28. The minimum absolute atomic E-state index is 0. The fraction of sp³-hybridized carbons (Fsp3) is 0.667. The molecule has 0 radical (unpaired) electrons. The molecule has 2 aliphatic heterocycles. The molecule has 2 saturated heterocycles. The van der Waals surface area contributed by atoms with E-state index >= 15 is 0 Å². The minimum atomic E-state index is -3.56. The summed E-state index contributed by atoms with van der Waals surface area (Å²) in [6.07, 6.45) is 5.34. The van der Waals surface area contributed by atoms with Crippen LogP contribution in [-0.2, 0) is 10.0 Å². The van der Waals surface area contributed by atoms with Gasteiger partial charge in [-0.05, 0) is 50.8 Å². The summed E-state index contributed by atoms with van der Waals surface area (Å²) >= 11 is 0. The number of likely N-dealkylation sites (tertiary alicyclic amines) is 1. The Morgan fingerprint density at radius 3 is 2.75 bits per heavy atom. The summed E-state index contributed by atoms with van der Waals surface area (Å²) < 4.78 is 27.2. The van der Waals surface area contributed by atoms with E-state index in [1.165, 1.54) is 12.3 Å². The fourth-order valence-corrected chi connectivity index (χ4v) is 4.23. The third-order valence-electron chi connectivity index (χ3n) is 4.60. The van der Waals surface area contributed by atoms with Crippen LogP contribution in [-0.4, -0.2) is 56.9 Å². The quantitative estimate of drug-likeness (QED) is 0.689. The molecule has 24 heavy (non-hydrogen) atoms. The summed E-state index contributed by atoms with van der Waals surface area (Å²) in [4.78, 5) is 16.9. The van der Waals surface area contributed by atoms with E-state index in [2.05, 4.69) is 15.0 Å². The molecule has 1 aromatic heterocycles. The van der Waals surface area contributed by atoms with Crippen molar-refractivity contribution in [3.63, 3.8) is 0 Å². The molecule has 0 aliphatic carbocycles. The van der Waals surface area contributed by atoms with Crippen LogP contribution in [0.1, 0.15) is 36.2 Å². The van der Waals surface area contributed by atoms with Crippen molar-refractivity contribution in [3.05, 3.63) is 18.0 Å². The largest absolute Gasteiger partial charge is 0.356 e. The number of amides is 1. The molecule has 3 rings (SSSR count). The summed E-state index contributed by atoms with van der Waals surface area (Å²) in [6, 6.07) is 1.43. The molecule has 3 N–H and O–H groups in total. The molecule has 0 bridgehead atoms. The van der Waals surface area contributed by atoms with Gasteiger partial charge in [0.05, 0.1) is 0 Å². The molecular formula is C15H25ClN4O3S. The first kappa shape index (κ1) is 19.2. The first-order valence-electron chi connectivity index (χ1n) is 8.24. The van der Waals surface area contributed by atoms with Gasteiger partial charge in [-0.1, -0.05) is 0 Å². The van der Waals surface area contributed by atoms with Crippen molar-refractivity contribution in [2.45, 2.75) is 30.6 Å². The highest BCUT2D eigenvalue weighted by molar-refractivity contribution is 7.89. The molecular weight excluding hydrogens is 352 g/mol. The number of H-pyrrole nitrogens is 1. The summed E-state index contributed by atoms with van der Waals surface area (Å²) in [5.74, 6) is 0.414. The standard InChI is InChI=1S/C15H24N4O3S.ClH/c20-15(19-7-1-2-8-19)14-9-13(11-17-14)23(21,22)18-6-4-12-3-5-16-10-12;/h9,11-12,16-18H,1-8,10H2;1H. The molecule has 1 aromatic rings. The van der Waals surface area contributed by atoms with Crippen molar-refractivity contribution in [2.24, 2.45) is 5.92 Å². The van der Waals surface area contributed by atoms with Gasteiger partial charge in [0.1, 0.15) is 10.6 Å². The second-order valence-electron chi connectivity index (χ2n) is 6.29.